The van der Waals surface area contributed by atoms with Gasteiger partial charge in [0.2, 0.25) is 0 Å². The number of hydrogen-bond donors (Lipinski definition) is 2. The van der Waals surface area contributed by atoms with Gasteiger partial charge in [0.05, 0.1) is 0 Å². The van der Waals surface area contributed by atoms with Crippen LogP contribution < -0.4 is 16.2 Å². The van der Waals surface area contributed by atoms with Crippen LogP contribution in [0.3, 0.4) is 0 Å². The fourth-order valence-electron chi connectivity index (χ4n) is 2.11. The van der Waals surface area contributed by atoms with E-state index in [1.165, 1.54) is 11.8 Å². The third kappa shape index (κ3) is 3.21. The molecule has 3 N–H and O–H groups in total. The van der Waals surface area contributed by atoms with E-state index in [0.717, 1.165) is 24.1 Å². The SMILES string of the molecule is CSc1nc(NN)cc(N2CC(C)SC(C)C2)n1. The van der Waals surface area contributed by atoms with Crippen molar-refractivity contribution in [2.45, 2.75) is 29.5 Å². The van der Waals surface area contributed by atoms with Crippen LogP contribution in [0.25, 0.3) is 0 Å². The molecule has 0 aliphatic carbocycles. The molecule has 1 aromatic heterocycles. The monoisotopic (exact) mass is 285 g/mol. The van der Waals surface area contributed by atoms with Crippen LogP contribution in [0.15, 0.2) is 11.2 Å². The molecule has 2 unspecified atom stereocenters. The Labute approximate surface area is 116 Å². The standard InChI is InChI=1S/C11H19N5S2/c1-7-5-16(6-8(2)18-7)10-4-9(15-12)13-11(14-10)17-3/h4,7-8H,5-6,12H2,1-3H3,(H,13,14,15). The molecule has 18 heavy (non-hydrogen) atoms. The predicted octanol–water partition coefficient (Wildman–Crippen LogP) is 1.81. The second kappa shape index (κ2) is 5.99. The number of nitrogen functional groups attached to an aromatic ring is 1. The van der Waals surface area contributed by atoms with Crippen molar-refractivity contribution in [3.05, 3.63) is 6.07 Å². The van der Waals surface area contributed by atoms with Gasteiger partial charge in [-0.3, -0.25) is 0 Å². The minimum atomic E-state index is 0.621. The first-order chi connectivity index (χ1) is 8.62. The summed E-state index contributed by atoms with van der Waals surface area (Å²) in [6.45, 7) is 6.55. The Morgan fingerprint density at radius 1 is 1.39 bits per heavy atom. The number of hydrogen-bond acceptors (Lipinski definition) is 7. The van der Waals surface area contributed by atoms with E-state index in [4.69, 9.17) is 5.84 Å². The molecule has 0 radical (unpaired) electrons. The first-order valence-electron chi connectivity index (χ1n) is 5.92. The Morgan fingerprint density at radius 2 is 2.06 bits per heavy atom. The normalized spacial score (nSPS) is 24.1. The second-order valence-electron chi connectivity index (χ2n) is 4.40. The number of nitrogens with two attached hydrogens (primary N) is 1. The zero-order chi connectivity index (χ0) is 13.1. The highest BCUT2D eigenvalue weighted by Gasteiger charge is 2.23. The number of aromatic nitrogens is 2. The number of nitrogens with zero attached hydrogens (tertiary/aromatic N) is 3. The van der Waals surface area contributed by atoms with Crippen LogP contribution in [0.5, 0.6) is 0 Å². The first kappa shape index (κ1) is 13.8. The van der Waals surface area contributed by atoms with Crippen molar-refractivity contribution in [2.24, 2.45) is 5.84 Å². The van der Waals surface area contributed by atoms with Gasteiger partial charge >= 0.3 is 0 Å². The van der Waals surface area contributed by atoms with E-state index >= 15 is 0 Å². The molecule has 1 fully saturated rings. The average Bonchev–Trinajstić information content (AvgIpc) is 2.37. The van der Waals surface area contributed by atoms with Gasteiger partial charge in [-0.2, -0.15) is 11.8 Å². The van der Waals surface area contributed by atoms with Gasteiger partial charge in [-0.15, -0.1) is 0 Å². The van der Waals surface area contributed by atoms with Crippen LogP contribution >= 0.6 is 23.5 Å². The maximum atomic E-state index is 5.45. The molecule has 0 spiro atoms. The Kier molecular flexibility index (Phi) is 4.58. The smallest absolute Gasteiger partial charge is 0.191 e. The van der Waals surface area contributed by atoms with Crippen molar-refractivity contribution in [1.82, 2.24) is 9.97 Å². The molecule has 2 rings (SSSR count). The fraction of sp³-hybridized carbons (Fsp3) is 0.636. The van der Waals surface area contributed by atoms with E-state index < -0.39 is 0 Å². The number of thioether (sulfide) groups is 2. The molecule has 7 heteroatoms. The zero-order valence-corrected chi connectivity index (χ0v) is 12.5. The van der Waals surface area contributed by atoms with Gasteiger partial charge in [-0.1, -0.05) is 25.6 Å². The largest absolute Gasteiger partial charge is 0.354 e. The fourth-order valence-corrected chi connectivity index (χ4v) is 3.80. The van der Waals surface area contributed by atoms with E-state index in [0.29, 0.717) is 16.3 Å². The highest BCUT2D eigenvalue weighted by molar-refractivity contribution is 8.00. The van der Waals surface area contributed by atoms with Gasteiger partial charge in [-0.25, -0.2) is 15.8 Å². The lowest BCUT2D eigenvalue weighted by atomic mass is 10.3. The molecular formula is C11H19N5S2. The van der Waals surface area contributed by atoms with Crippen molar-refractivity contribution in [3.63, 3.8) is 0 Å². The van der Waals surface area contributed by atoms with Crippen LogP contribution in [-0.4, -0.2) is 39.8 Å². The summed E-state index contributed by atoms with van der Waals surface area (Å²) in [7, 11) is 0. The second-order valence-corrected chi connectivity index (χ2v) is 7.06. The molecule has 0 bridgehead atoms. The molecule has 1 aliphatic heterocycles. The van der Waals surface area contributed by atoms with E-state index in [2.05, 4.69) is 34.1 Å². The number of rotatable bonds is 3. The molecule has 1 aliphatic rings. The number of anilines is 2. The molecule has 2 heterocycles. The maximum absolute atomic E-state index is 5.45. The molecule has 100 valence electrons. The number of nitrogens with one attached hydrogen (secondary N) is 1. The number of hydrazine groups is 1. The van der Waals surface area contributed by atoms with Crippen LogP contribution in [0.4, 0.5) is 11.6 Å². The minimum Gasteiger partial charge on any atom is -0.354 e. The highest BCUT2D eigenvalue weighted by Crippen LogP contribution is 2.29. The topological polar surface area (TPSA) is 67.1 Å². The lowest BCUT2D eigenvalue weighted by molar-refractivity contribution is 0.711. The third-order valence-corrected chi connectivity index (χ3v) is 4.54. The summed E-state index contributed by atoms with van der Waals surface area (Å²) < 4.78 is 0. The quantitative estimate of drug-likeness (QED) is 0.380. The summed E-state index contributed by atoms with van der Waals surface area (Å²) in [5.74, 6) is 7.08. The van der Waals surface area contributed by atoms with Gasteiger partial charge in [0.1, 0.15) is 11.6 Å². The van der Waals surface area contributed by atoms with E-state index in [-0.39, 0.29) is 0 Å². The molecule has 1 aromatic rings. The van der Waals surface area contributed by atoms with E-state index in [1.54, 1.807) is 0 Å². The van der Waals surface area contributed by atoms with Crippen molar-refractivity contribution >= 4 is 35.2 Å². The Hall–Kier alpha value is -0.660. The lowest BCUT2D eigenvalue weighted by Crippen LogP contribution is -2.41. The van der Waals surface area contributed by atoms with Crippen LogP contribution in [0.1, 0.15) is 13.8 Å². The van der Waals surface area contributed by atoms with Gasteiger partial charge < -0.3 is 10.3 Å². The zero-order valence-electron chi connectivity index (χ0n) is 10.9. The summed E-state index contributed by atoms with van der Waals surface area (Å²) in [4.78, 5) is 11.2. The highest BCUT2D eigenvalue weighted by atomic mass is 32.2. The molecule has 0 aromatic carbocycles. The van der Waals surface area contributed by atoms with Crippen LogP contribution in [-0.2, 0) is 0 Å². The predicted molar refractivity (Wildman–Crippen MR) is 80.4 cm³/mol. The maximum Gasteiger partial charge on any atom is 0.191 e. The molecular weight excluding hydrogens is 266 g/mol. The van der Waals surface area contributed by atoms with E-state index in [1.807, 2.05) is 24.1 Å². The van der Waals surface area contributed by atoms with Gasteiger partial charge in [-0.05, 0) is 6.26 Å². The van der Waals surface area contributed by atoms with E-state index in [9.17, 15) is 0 Å². The van der Waals surface area contributed by atoms with Gasteiger partial charge in [0, 0.05) is 29.7 Å². The Bertz CT molecular complexity index is 382. The molecule has 2 atom stereocenters. The summed E-state index contributed by atoms with van der Waals surface area (Å²) in [6, 6.07) is 1.91. The van der Waals surface area contributed by atoms with Gasteiger partial charge in [0.15, 0.2) is 5.16 Å². The van der Waals surface area contributed by atoms with Crippen molar-refractivity contribution in [1.29, 1.82) is 0 Å². The summed E-state index contributed by atoms with van der Waals surface area (Å²) in [6.07, 6.45) is 1.97. The summed E-state index contributed by atoms with van der Waals surface area (Å²) >= 11 is 3.56. The molecule has 1 saturated heterocycles. The average molecular weight is 285 g/mol. The van der Waals surface area contributed by atoms with Crippen molar-refractivity contribution < 1.29 is 0 Å². The molecule has 5 nitrogen and oxygen atoms in total. The van der Waals surface area contributed by atoms with Crippen molar-refractivity contribution in [3.8, 4) is 0 Å². The van der Waals surface area contributed by atoms with Crippen LogP contribution in [0.2, 0.25) is 0 Å². The first-order valence-corrected chi connectivity index (χ1v) is 8.09. The minimum absolute atomic E-state index is 0.621. The van der Waals surface area contributed by atoms with Crippen LogP contribution in [0, 0.1) is 0 Å². The Balaban J connectivity index is 2.25. The summed E-state index contributed by atoms with van der Waals surface area (Å²) in [5, 5.41) is 1.99. The summed E-state index contributed by atoms with van der Waals surface area (Å²) in [5.41, 5.74) is 2.61. The van der Waals surface area contributed by atoms with Gasteiger partial charge in [0.25, 0.3) is 0 Å². The third-order valence-electron chi connectivity index (χ3n) is 2.77. The van der Waals surface area contributed by atoms with Crippen molar-refractivity contribution in [2.75, 3.05) is 29.7 Å². The lowest BCUT2D eigenvalue weighted by Gasteiger charge is -2.35. The molecule has 0 amide bonds. The molecule has 0 saturated carbocycles. The Morgan fingerprint density at radius 3 is 2.61 bits per heavy atom.